The van der Waals surface area contributed by atoms with Gasteiger partial charge >= 0.3 is 0 Å². The number of carbonyl (C=O) groups excluding carboxylic acids is 1. The van der Waals surface area contributed by atoms with Crippen LogP contribution in [-0.4, -0.2) is 62.9 Å². The Bertz CT molecular complexity index is 854. The Morgan fingerprint density at radius 1 is 1.23 bits per heavy atom. The van der Waals surface area contributed by atoms with Gasteiger partial charge in [-0.2, -0.15) is 0 Å². The third kappa shape index (κ3) is 4.86. The molecule has 6 heteroatoms. The number of benzene rings is 1. The fourth-order valence-electron chi connectivity index (χ4n) is 4.79. The molecule has 2 bridgehead atoms. The summed E-state index contributed by atoms with van der Waals surface area (Å²) in [7, 11) is 0. The molecular weight excluding hydrogens is 374 g/mol. The number of rotatable bonds is 4. The van der Waals surface area contributed by atoms with Crippen LogP contribution in [0.15, 0.2) is 18.2 Å². The molecule has 0 aliphatic carbocycles. The molecule has 2 N–H and O–H groups in total. The predicted octanol–water partition coefficient (Wildman–Crippen LogP) is 4.02. The van der Waals surface area contributed by atoms with Gasteiger partial charge in [0.05, 0.1) is 23.6 Å². The van der Waals surface area contributed by atoms with Crippen LogP contribution in [0.1, 0.15) is 71.8 Å². The van der Waals surface area contributed by atoms with Crippen molar-refractivity contribution in [3.63, 3.8) is 0 Å². The molecule has 2 aromatic rings. The van der Waals surface area contributed by atoms with Crippen molar-refractivity contribution in [3.05, 3.63) is 29.6 Å². The zero-order valence-electron chi connectivity index (χ0n) is 19.7. The van der Waals surface area contributed by atoms with E-state index in [4.69, 9.17) is 4.98 Å². The Labute approximate surface area is 181 Å². The summed E-state index contributed by atoms with van der Waals surface area (Å²) < 4.78 is 0. The number of carbonyl (C=O) groups is 1. The number of amides is 1. The standard InChI is InChI=1S/C22H33N5O.C2H6/c1-14-7-6-8-18-20(14)24-21(23-18)15(2)26-11-16-9-10-17(12-26)27(16)13-19(28)25-22(3,4)5;1-2/h6-8,15-17H,9-13H2,1-5H3,(H,23,24)(H,25,28);1-2H3. The highest BCUT2D eigenvalue weighted by Gasteiger charge is 2.42. The number of aryl methyl sites for hydroxylation is 1. The maximum Gasteiger partial charge on any atom is 0.234 e. The number of fused-ring (bicyclic) bond motifs is 3. The Morgan fingerprint density at radius 2 is 1.87 bits per heavy atom. The zero-order valence-corrected chi connectivity index (χ0v) is 19.7. The van der Waals surface area contributed by atoms with Gasteiger partial charge in [-0.25, -0.2) is 4.98 Å². The third-order valence-electron chi connectivity index (χ3n) is 6.18. The molecule has 1 amide bonds. The topological polar surface area (TPSA) is 64.3 Å². The minimum Gasteiger partial charge on any atom is -0.350 e. The molecule has 2 aliphatic heterocycles. The number of hydrogen-bond acceptors (Lipinski definition) is 4. The van der Waals surface area contributed by atoms with E-state index in [1.165, 1.54) is 18.4 Å². The summed E-state index contributed by atoms with van der Waals surface area (Å²) in [5.41, 5.74) is 3.22. The van der Waals surface area contributed by atoms with Crippen molar-refractivity contribution >= 4 is 16.9 Å². The number of likely N-dealkylation sites (tertiary alicyclic amines) is 1. The number of nitrogens with zero attached hydrogens (tertiary/aromatic N) is 3. The molecule has 2 saturated heterocycles. The fraction of sp³-hybridized carbons (Fsp3) is 0.667. The molecule has 6 nitrogen and oxygen atoms in total. The highest BCUT2D eigenvalue weighted by atomic mass is 16.2. The Hall–Kier alpha value is -1.92. The summed E-state index contributed by atoms with van der Waals surface area (Å²) in [5.74, 6) is 1.18. The lowest BCUT2D eigenvalue weighted by Gasteiger charge is -2.43. The summed E-state index contributed by atoms with van der Waals surface area (Å²) in [6, 6.07) is 7.45. The Balaban J connectivity index is 0.00000124. The summed E-state index contributed by atoms with van der Waals surface area (Å²) in [6.07, 6.45) is 2.35. The number of aromatic nitrogens is 2. The third-order valence-corrected chi connectivity index (χ3v) is 6.18. The van der Waals surface area contributed by atoms with Gasteiger partial charge in [-0.3, -0.25) is 14.6 Å². The Morgan fingerprint density at radius 3 is 2.43 bits per heavy atom. The first-order chi connectivity index (χ1) is 14.2. The van der Waals surface area contributed by atoms with E-state index in [9.17, 15) is 4.79 Å². The number of H-pyrrole nitrogens is 1. The second-order valence-corrected chi connectivity index (χ2v) is 9.58. The molecule has 166 valence electrons. The smallest absolute Gasteiger partial charge is 0.234 e. The molecule has 0 spiro atoms. The van der Waals surface area contributed by atoms with Gasteiger partial charge in [0.25, 0.3) is 0 Å². The molecule has 2 aliphatic rings. The molecule has 0 radical (unpaired) electrons. The van der Waals surface area contributed by atoms with Crippen molar-refractivity contribution in [3.8, 4) is 0 Å². The lowest BCUT2D eigenvalue weighted by atomic mass is 10.1. The summed E-state index contributed by atoms with van der Waals surface area (Å²) in [4.78, 5) is 25.8. The van der Waals surface area contributed by atoms with Crippen LogP contribution >= 0.6 is 0 Å². The maximum atomic E-state index is 12.4. The van der Waals surface area contributed by atoms with Gasteiger partial charge in [-0.05, 0) is 59.1 Å². The van der Waals surface area contributed by atoms with Gasteiger partial charge < -0.3 is 10.3 Å². The van der Waals surface area contributed by atoms with E-state index < -0.39 is 0 Å². The number of aromatic amines is 1. The highest BCUT2D eigenvalue weighted by Crippen LogP contribution is 2.34. The Kier molecular flexibility index (Phi) is 6.88. The SMILES string of the molecule is CC.Cc1cccc2[nH]c(C(C)N3CC4CCC(C3)N4CC(=O)NC(C)(C)C)nc12. The zero-order chi connectivity index (χ0) is 22.1. The lowest BCUT2D eigenvalue weighted by molar-refractivity contribution is -0.125. The second kappa shape index (κ2) is 9.06. The van der Waals surface area contributed by atoms with Crippen LogP contribution < -0.4 is 5.32 Å². The van der Waals surface area contributed by atoms with Crippen LogP contribution in [0, 0.1) is 6.92 Å². The largest absolute Gasteiger partial charge is 0.350 e. The number of imidazole rings is 1. The van der Waals surface area contributed by atoms with Crippen LogP contribution in [0.25, 0.3) is 11.0 Å². The van der Waals surface area contributed by atoms with Crippen molar-refractivity contribution in [1.29, 1.82) is 0 Å². The maximum absolute atomic E-state index is 12.4. The minimum absolute atomic E-state index is 0.138. The molecule has 0 saturated carbocycles. The van der Waals surface area contributed by atoms with E-state index in [2.05, 4.69) is 52.1 Å². The van der Waals surface area contributed by atoms with E-state index in [0.29, 0.717) is 18.6 Å². The first kappa shape index (κ1) is 22.8. The van der Waals surface area contributed by atoms with Crippen LogP contribution in [0.2, 0.25) is 0 Å². The second-order valence-electron chi connectivity index (χ2n) is 9.58. The predicted molar refractivity (Wildman–Crippen MR) is 124 cm³/mol. The van der Waals surface area contributed by atoms with E-state index in [1.54, 1.807) is 0 Å². The van der Waals surface area contributed by atoms with E-state index in [1.807, 2.05) is 34.6 Å². The van der Waals surface area contributed by atoms with Gasteiger partial charge in [-0.1, -0.05) is 26.0 Å². The van der Waals surface area contributed by atoms with Crippen molar-refractivity contribution in [2.45, 2.75) is 85.0 Å². The molecule has 3 heterocycles. The quantitative estimate of drug-likeness (QED) is 0.795. The molecule has 1 aromatic carbocycles. The van der Waals surface area contributed by atoms with Gasteiger partial charge in [0, 0.05) is 30.7 Å². The van der Waals surface area contributed by atoms with Gasteiger partial charge in [-0.15, -0.1) is 0 Å². The molecule has 3 atom stereocenters. The average Bonchev–Trinajstić information content (AvgIpc) is 3.20. The van der Waals surface area contributed by atoms with Crippen molar-refractivity contribution in [2.75, 3.05) is 19.6 Å². The normalized spacial score (nSPS) is 23.2. The van der Waals surface area contributed by atoms with Crippen molar-refractivity contribution < 1.29 is 4.79 Å². The first-order valence-electron chi connectivity index (χ1n) is 11.5. The van der Waals surface area contributed by atoms with Crippen LogP contribution in [0.4, 0.5) is 0 Å². The molecule has 30 heavy (non-hydrogen) atoms. The molecule has 4 rings (SSSR count). The summed E-state index contributed by atoms with van der Waals surface area (Å²) >= 11 is 0. The molecule has 3 unspecified atom stereocenters. The molecule has 2 fully saturated rings. The van der Waals surface area contributed by atoms with Gasteiger partial charge in [0.1, 0.15) is 5.82 Å². The summed E-state index contributed by atoms with van der Waals surface area (Å²) in [5, 5.41) is 3.11. The monoisotopic (exact) mass is 413 g/mol. The fourth-order valence-corrected chi connectivity index (χ4v) is 4.79. The van der Waals surface area contributed by atoms with Gasteiger partial charge in [0.2, 0.25) is 5.91 Å². The number of piperazine rings is 1. The number of hydrogen-bond donors (Lipinski definition) is 2. The summed E-state index contributed by atoms with van der Waals surface area (Å²) in [6.45, 7) is 17.0. The van der Waals surface area contributed by atoms with E-state index in [-0.39, 0.29) is 17.5 Å². The van der Waals surface area contributed by atoms with E-state index in [0.717, 1.165) is 29.9 Å². The highest BCUT2D eigenvalue weighted by molar-refractivity contribution is 5.79. The van der Waals surface area contributed by atoms with Crippen molar-refractivity contribution in [2.24, 2.45) is 0 Å². The molecular formula is C24H39N5O. The first-order valence-corrected chi connectivity index (χ1v) is 11.5. The average molecular weight is 414 g/mol. The van der Waals surface area contributed by atoms with E-state index >= 15 is 0 Å². The number of para-hydroxylation sites is 1. The van der Waals surface area contributed by atoms with Crippen LogP contribution in [0.3, 0.4) is 0 Å². The molecule has 1 aromatic heterocycles. The minimum atomic E-state index is -0.175. The number of nitrogens with one attached hydrogen (secondary N) is 2. The van der Waals surface area contributed by atoms with Crippen LogP contribution in [-0.2, 0) is 4.79 Å². The van der Waals surface area contributed by atoms with Gasteiger partial charge in [0.15, 0.2) is 0 Å². The van der Waals surface area contributed by atoms with Crippen molar-refractivity contribution in [1.82, 2.24) is 25.1 Å². The van der Waals surface area contributed by atoms with Crippen LogP contribution in [0.5, 0.6) is 0 Å². The lowest BCUT2D eigenvalue weighted by Crippen LogP contribution is -2.57.